The summed E-state index contributed by atoms with van der Waals surface area (Å²) in [6.45, 7) is 0.655. The molecule has 4 rings (SSSR count). The van der Waals surface area contributed by atoms with E-state index in [9.17, 15) is 9.59 Å². The molecule has 0 atom stereocenters. The third-order valence-corrected chi connectivity index (χ3v) is 5.54. The quantitative estimate of drug-likeness (QED) is 0.625. The normalized spacial score (nSPS) is 13.8. The summed E-state index contributed by atoms with van der Waals surface area (Å²) in [5, 5.41) is 4.95. The van der Waals surface area contributed by atoms with Gasteiger partial charge in [0.25, 0.3) is 5.91 Å². The molecule has 3 aromatic carbocycles. The minimum absolute atomic E-state index is 0.0939. The van der Waals surface area contributed by atoms with Crippen LogP contribution in [0.4, 0.5) is 11.4 Å². The van der Waals surface area contributed by atoms with Gasteiger partial charge >= 0.3 is 0 Å². The van der Waals surface area contributed by atoms with Crippen LogP contribution >= 0.6 is 15.9 Å². The maximum absolute atomic E-state index is 12.2. The number of nitrogens with one attached hydrogen (secondary N) is 1. The molecule has 142 valence electrons. The van der Waals surface area contributed by atoms with Crippen LogP contribution in [-0.2, 0) is 9.59 Å². The number of carbonyl (C=O) groups excluding carboxylic acids is 2. The van der Waals surface area contributed by atoms with Gasteiger partial charge in [-0.15, -0.1) is 0 Å². The fourth-order valence-corrected chi connectivity index (χ4v) is 3.92. The predicted octanol–water partition coefficient (Wildman–Crippen LogP) is 4.75. The van der Waals surface area contributed by atoms with Gasteiger partial charge < -0.3 is 15.0 Å². The Balaban J connectivity index is 1.37. The van der Waals surface area contributed by atoms with Gasteiger partial charge in [0, 0.05) is 24.3 Å². The summed E-state index contributed by atoms with van der Waals surface area (Å²) in [5.74, 6) is 0.521. The lowest BCUT2D eigenvalue weighted by atomic mass is 10.1. The number of amides is 2. The Hall–Kier alpha value is -2.86. The highest BCUT2D eigenvalue weighted by Gasteiger charge is 2.21. The monoisotopic (exact) mass is 438 g/mol. The Morgan fingerprint density at radius 1 is 1.07 bits per heavy atom. The zero-order valence-electron chi connectivity index (χ0n) is 15.2. The molecule has 1 N–H and O–H groups in total. The summed E-state index contributed by atoms with van der Waals surface area (Å²) in [7, 11) is 0. The van der Waals surface area contributed by atoms with Gasteiger partial charge in [-0.1, -0.05) is 30.3 Å². The molecular formula is C22H19BrN2O3. The third kappa shape index (κ3) is 3.87. The summed E-state index contributed by atoms with van der Waals surface area (Å²) >= 11 is 3.55. The topological polar surface area (TPSA) is 58.6 Å². The van der Waals surface area contributed by atoms with Gasteiger partial charge in [-0.25, -0.2) is 0 Å². The molecule has 0 radical (unpaired) electrons. The van der Waals surface area contributed by atoms with E-state index in [0.717, 1.165) is 33.9 Å². The van der Waals surface area contributed by atoms with Crippen LogP contribution in [0, 0.1) is 0 Å². The van der Waals surface area contributed by atoms with Crippen LogP contribution in [0.3, 0.4) is 0 Å². The van der Waals surface area contributed by atoms with Crippen molar-refractivity contribution in [2.75, 3.05) is 23.4 Å². The Labute approximate surface area is 171 Å². The molecule has 1 saturated heterocycles. The number of carbonyl (C=O) groups is 2. The van der Waals surface area contributed by atoms with Crippen molar-refractivity contribution in [1.82, 2.24) is 0 Å². The highest BCUT2D eigenvalue weighted by molar-refractivity contribution is 9.10. The molecular weight excluding hydrogens is 420 g/mol. The van der Waals surface area contributed by atoms with Gasteiger partial charge in [0.15, 0.2) is 6.61 Å². The molecule has 0 saturated carbocycles. The van der Waals surface area contributed by atoms with Crippen molar-refractivity contribution < 1.29 is 14.3 Å². The summed E-state index contributed by atoms with van der Waals surface area (Å²) in [6, 6.07) is 19.1. The van der Waals surface area contributed by atoms with Crippen molar-refractivity contribution in [2.24, 2.45) is 0 Å². The molecule has 5 nitrogen and oxygen atoms in total. The molecule has 1 fully saturated rings. The standard InChI is InChI=1S/C22H19BrN2O3/c23-22-18-5-2-1-4-15(18)7-12-19(22)28-14-20(26)24-16-8-10-17(11-9-16)25-13-3-6-21(25)27/h1-2,4-5,7-12H,3,6,13-14H2,(H,24,26). The molecule has 2 amide bonds. The van der Waals surface area contributed by atoms with Crippen LogP contribution in [0.2, 0.25) is 0 Å². The first-order valence-corrected chi connectivity index (χ1v) is 9.91. The summed E-state index contributed by atoms with van der Waals surface area (Å²) in [4.78, 5) is 25.8. The molecule has 6 heteroatoms. The average molecular weight is 439 g/mol. The molecule has 3 aromatic rings. The number of nitrogens with zero attached hydrogens (tertiary/aromatic N) is 1. The fourth-order valence-electron chi connectivity index (χ4n) is 3.31. The van der Waals surface area contributed by atoms with E-state index in [0.29, 0.717) is 17.9 Å². The Morgan fingerprint density at radius 3 is 2.61 bits per heavy atom. The summed E-state index contributed by atoms with van der Waals surface area (Å²) in [6.07, 6.45) is 1.49. The van der Waals surface area contributed by atoms with E-state index in [4.69, 9.17) is 4.74 Å². The molecule has 0 aliphatic carbocycles. The van der Waals surface area contributed by atoms with E-state index in [1.807, 2.05) is 48.5 Å². The highest BCUT2D eigenvalue weighted by Crippen LogP contribution is 2.33. The zero-order valence-corrected chi connectivity index (χ0v) is 16.7. The minimum Gasteiger partial charge on any atom is -0.483 e. The number of rotatable bonds is 5. The third-order valence-electron chi connectivity index (χ3n) is 4.72. The van der Waals surface area contributed by atoms with E-state index in [1.165, 1.54) is 0 Å². The highest BCUT2D eigenvalue weighted by atomic mass is 79.9. The molecule has 1 aliphatic heterocycles. The van der Waals surface area contributed by atoms with Gasteiger partial charge in [0.1, 0.15) is 5.75 Å². The predicted molar refractivity (Wildman–Crippen MR) is 114 cm³/mol. The molecule has 0 aromatic heterocycles. The number of fused-ring (bicyclic) bond motifs is 1. The number of halogens is 1. The van der Waals surface area contributed by atoms with Crippen LogP contribution in [-0.4, -0.2) is 25.0 Å². The zero-order chi connectivity index (χ0) is 19.5. The maximum atomic E-state index is 12.2. The Morgan fingerprint density at radius 2 is 1.86 bits per heavy atom. The van der Waals surface area contributed by atoms with Crippen molar-refractivity contribution in [3.05, 3.63) is 65.1 Å². The second-order valence-corrected chi connectivity index (χ2v) is 7.42. The van der Waals surface area contributed by atoms with Crippen LogP contribution in [0.1, 0.15) is 12.8 Å². The van der Waals surface area contributed by atoms with Crippen molar-refractivity contribution in [2.45, 2.75) is 12.8 Å². The van der Waals surface area contributed by atoms with Gasteiger partial charge in [0.2, 0.25) is 5.91 Å². The minimum atomic E-state index is -0.245. The molecule has 28 heavy (non-hydrogen) atoms. The van der Waals surface area contributed by atoms with Crippen molar-refractivity contribution in [3.8, 4) is 5.75 Å². The van der Waals surface area contributed by atoms with E-state index in [1.54, 1.807) is 17.0 Å². The second-order valence-electron chi connectivity index (χ2n) is 6.63. The number of anilines is 2. The SMILES string of the molecule is O=C(COc1ccc2ccccc2c1Br)Nc1ccc(N2CCCC2=O)cc1. The van der Waals surface area contributed by atoms with Crippen molar-refractivity contribution >= 4 is 49.9 Å². The van der Waals surface area contributed by atoms with Gasteiger partial charge in [-0.05, 0) is 63.5 Å². The smallest absolute Gasteiger partial charge is 0.262 e. The number of benzene rings is 3. The number of hydrogen-bond donors (Lipinski definition) is 1. The van der Waals surface area contributed by atoms with Crippen molar-refractivity contribution in [3.63, 3.8) is 0 Å². The number of ether oxygens (including phenoxy) is 1. The van der Waals surface area contributed by atoms with Crippen LogP contribution in [0.5, 0.6) is 5.75 Å². The lowest BCUT2D eigenvalue weighted by Gasteiger charge is -2.16. The summed E-state index contributed by atoms with van der Waals surface area (Å²) in [5.41, 5.74) is 1.53. The van der Waals surface area contributed by atoms with Crippen LogP contribution in [0.15, 0.2) is 65.1 Å². The fraction of sp³-hybridized carbons (Fsp3) is 0.182. The number of hydrogen-bond acceptors (Lipinski definition) is 3. The molecule has 0 spiro atoms. The average Bonchev–Trinajstić information content (AvgIpc) is 3.14. The molecule has 1 aliphatic rings. The van der Waals surface area contributed by atoms with Crippen LogP contribution in [0.25, 0.3) is 10.8 Å². The first-order valence-electron chi connectivity index (χ1n) is 9.12. The largest absolute Gasteiger partial charge is 0.483 e. The van der Waals surface area contributed by atoms with Gasteiger partial charge in [-0.3, -0.25) is 9.59 Å². The Bertz CT molecular complexity index is 1030. The van der Waals surface area contributed by atoms with Gasteiger partial charge in [-0.2, -0.15) is 0 Å². The molecule has 1 heterocycles. The Kier molecular flexibility index (Phi) is 5.30. The second kappa shape index (κ2) is 8.02. The van der Waals surface area contributed by atoms with E-state index < -0.39 is 0 Å². The molecule has 0 bridgehead atoms. The van der Waals surface area contributed by atoms with Crippen LogP contribution < -0.4 is 15.0 Å². The van der Waals surface area contributed by atoms with E-state index in [-0.39, 0.29) is 18.4 Å². The first-order chi connectivity index (χ1) is 13.6. The lowest BCUT2D eigenvalue weighted by Crippen LogP contribution is -2.23. The maximum Gasteiger partial charge on any atom is 0.262 e. The van der Waals surface area contributed by atoms with Crippen molar-refractivity contribution in [1.29, 1.82) is 0 Å². The molecule has 0 unspecified atom stereocenters. The first kappa shape index (κ1) is 18.5. The summed E-state index contributed by atoms with van der Waals surface area (Å²) < 4.78 is 6.52. The van der Waals surface area contributed by atoms with E-state index >= 15 is 0 Å². The van der Waals surface area contributed by atoms with E-state index in [2.05, 4.69) is 21.2 Å². The van der Waals surface area contributed by atoms with Gasteiger partial charge in [0.05, 0.1) is 4.47 Å². The lowest BCUT2D eigenvalue weighted by molar-refractivity contribution is -0.118.